The van der Waals surface area contributed by atoms with Gasteiger partial charge in [-0.25, -0.2) is 4.39 Å². The van der Waals surface area contributed by atoms with Crippen LogP contribution in [0, 0.1) is 11.2 Å². The molecule has 22 heavy (non-hydrogen) atoms. The molecule has 120 valence electrons. The number of benzene rings is 1. The highest BCUT2D eigenvalue weighted by molar-refractivity contribution is 6.00. The van der Waals surface area contributed by atoms with Gasteiger partial charge in [-0.2, -0.15) is 0 Å². The molecule has 4 nitrogen and oxygen atoms in total. The van der Waals surface area contributed by atoms with Crippen LogP contribution in [0.5, 0.6) is 0 Å². The molecule has 1 saturated heterocycles. The molecule has 2 rings (SSSR count). The largest absolute Gasteiger partial charge is 0.329 e. The molecule has 2 amide bonds. The second kappa shape index (κ2) is 6.07. The summed E-state index contributed by atoms with van der Waals surface area (Å²) in [5, 5.41) is 0. The first-order valence-corrected chi connectivity index (χ1v) is 7.56. The standard InChI is InChI=1S/C17H23FN2O2/c1-12-16(22)20(14-8-6-5-7-13(14)18)10-9-19(12)15(21)11-17(2,3)4/h5-8,12H,9-11H2,1-4H3. The average Bonchev–Trinajstić information content (AvgIpc) is 2.41. The zero-order valence-electron chi connectivity index (χ0n) is 13.6. The van der Waals surface area contributed by atoms with Crippen LogP contribution in [0.4, 0.5) is 10.1 Å². The lowest BCUT2D eigenvalue weighted by Crippen LogP contribution is -2.58. The van der Waals surface area contributed by atoms with E-state index in [2.05, 4.69) is 0 Å². The summed E-state index contributed by atoms with van der Waals surface area (Å²) in [7, 11) is 0. The van der Waals surface area contributed by atoms with E-state index >= 15 is 0 Å². The fraction of sp³-hybridized carbons (Fsp3) is 0.529. The van der Waals surface area contributed by atoms with Gasteiger partial charge in [0.1, 0.15) is 11.9 Å². The Labute approximate surface area is 130 Å². The SMILES string of the molecule is CC1C(=O)N(c2ccccc2F)CCN1C(=O)CC(C)(C)C. The molecule has 0 radical (unpaired) electrons. The van der Waals surface area contributed by atoms with Crippen LogP contribution in [-0.2, 0) is 9.59 Å². The molecule has 1 heterocycles. The van der Waals surface area contributed by atoms with E-state index in [0.717, 1.165) is 0 Å². The summed E-state index contributed by atoms with van der Waals surface area (Å²) in [4.78, 5) is 27.9. The number of amides is 2. The topological polar surface area (TPSA) is 40.6 Å². The Bertz CT molecular complexity index is 580. The number of para-hydroxylation sites is 1. The molecule has 1 aliphatic heterocycles. The van der Waals surface area contributed by atoms with Gasteiger partial charge in [0.2, 0.25) is 11.8 Å². The smallest absolute Gasteiger partial charge is 0.249 e. The van der Waals surface area contributed by atoms with Gasteiger partial charge in [0.25, 0.3) is 0 Å². The first kappa shape index (κ1) is 16.5. The molecule has 1 atom stereocenters. The van der Waals surface area contributed by atoms with Crippen LogP contribution in [0.2, 0.25) is 0 Å². The Morgan fingerprint density at radius 3 is 2.50 bits per heavy atom. The highest BCUT2D eigenvalue weighted by atomic mass is 19.1. The summed E-state index contributed by atoms with van der Waals surface area (Å²) >= 11 is 0. The van der Waals surface area contributed by atoms with E-state index in [1.165, 1.54) is 11.0 Å². The van der Waals surface area contributed by atoms with E-state index < -0.39 is 11.9 Å². The summed E-state index contributed by atoms with van der Waals surface area (Å²) < 4.78 is 13.9. The van der Waals surface area contributed by atoms with Gasteiger partial charge in [-0.3, -0.25) is 9.59 Å². The van der Waals surface area contributed by atoms with E-state index in [1.807, 2.05) is 20.8 Å². The van der Waals surface area contributed by atoms with Crippen LogP contribution < -0.4 is 4.90 Å². The lowest BCUT2D eigenvalue weighted by molar-refractivity contribution is -0.142. The summed E-state index contributed by atoms with van der Waals surface area (Å²) in [5.41, 5.74) is 0.157. The zero-order valence-corrected chi connectivity index (χ0v) is 13.6. The van der Waals surface area contributed by atoms with E-state index in [4.69, 9.17) is 0 Å². The van der Waals surface area contributed by atoms with Crippen LogP contribution in [-0.4, -0.2) is 35.8 Å². The van der Waals surface area contributed by atoms with E-state index in [-0.39, 0.29) is 22.9 Å². The maximum Gasteiger partial charge on any atom is 0.249 e. The number of hydrogen-bond donors (Lipinski definition) is 0. The maximum absolute atomic E-state index is 13.9. The van der Waals surface area contributed by atoms with Crippen LogP contribution in [0.1, 0.15) is 34.1 Å². The number of anilines is 1. The number of piperazine rings is 1. The quantitative estimate of drug-likeness (QED) is 0.843. The summed E-state index contributed by atoms with van der Waals surface area (Å²) in [5.74, 6) is -0.683. The van der Waals surface area contributed by atoms with Crippen molar-refractivity contribution in [2.45, 2.75) is 40.2 Å². The lowest BCUT2D eigenvalue weighted by Gasteiger charge is -2.40. The Balaban J connectivity index is 2.15. The third-order valence-electron chi connectivity index (χ3n) is 3.80. The summed E-state index contributed by atoms with van der Waals surface area (Å²) in [6.07, 6.45) is 0.393. The van der Waals surface area contributed by atoms with E-state index in [0.29, 0.717) is 19.5 Å². The van der Waals surface area contributed by atoms with Crippen molar-refractivity contribution in [1.29, 1.82) is 0 Å². The third-order valence-corrected chi connectivity index (χ3v) is 3.80. The van der Waals surface area contributed by atoms with Crippen LogP contribution >= 0.6 is 0 Å². The number of rotatable bonds is 2. The first-order valence-electron chi connectivity index (χ1n) is 7.56. The Morgan fingerprint density at radius 2 is 1.91 bits per heavy atom. The molecular formula is C17H23FN2O2. The highest BCUT2D eigenvalue weighted by Gasteiger charge is 2.36. The van der Waals surface area contributed by atoms with Crippen LogP contribution in [0.25, 0.3) is 0 Å². The van der Waals surface area contributed by atoms with Gasteiger partial charge < -0.3 is 9.80 Å². The molecule has 0 saturated carbocycles. The van der Waals surface area contributed by atoms with Crippen molar-refractivity contribution in [3.63, 3.8) is 0 Å². The minimum Gasteiger partial charge on any atom is -0.329 e. The average molecular weight is 306 g/mol. The predicted molar refractivity (Wildman–Crippen MR) is 84.0 cm³/mol. The van der Waals surface area contributed by atoms with E-state index in [9.17, 15) is 14.0 Å². The number of halogens is 1. The molecule has 1 aromatic rings. The maximum atomic E-state index is 13.9. The Kier molecular flexibility index (Phi) is 4.54. The van der Waals surface area contributed by atoms with Gasteiger partial charge in [0.15, 0.2) is 0 Å². The van der Waals surface area contributed by atoms with Gasteiger partial charge in [0.05, 0.1) is 5.69 Å². The minimum atomic E-state index is -0.566. The van der Waals surface area contributed by atoms with Crippen molar-refractivity contribution in [1.82, 2.24) is 4.90 Å². The second-order valence-electron chi connectivity index (χ2n) is 6.94. The molecule has 0 aliphatic carbocycles. The molecule has 0 N–H and O–H groups in total. The molecule has 1 aromatic carbocycles. The summed E-state index contributed by atoms with van der Waals surface area (Å²) in [6.45, 7) is 8.43. The van der Waals surface area contributed by atoms with Crippen molar-refractivity contribution in [3.05, 3.63) is 30.1 Å². The highest BCUT2D eigenvalue weighted by Crippen LogP contribution is 2.26. The van der Waals surface area contributed by atoms with Gasteiger partial charge in [0, 0.05) is 19.5 Å². The van der Waals surface area contributed by atoms with Crippen molar-refractivity contribution in [2.24, 2.45) is 5.41 Å². The van der Waals surface area contributed by atoms with Crippen molar-refractivity contribution >= 4 is 17.5 Å². The Hall–Kier alpha value is -1.91. The number of hydrogen-bond acceptors (Lipinski definition) is 2. The number of carbonyl (C=O) groups excluding carboxylic acids is 2. The fourth-order valence-corrected chi connectivity index (χ4v) is 2.68. The van der Waals surface area contributed by atoms with Crippen molar-refractivity contribution in [2.75, 3.05) is 18.0 Å². The fourth-order valence-electron chi connectivity index (χ4n) is 2.68. The van der Waals surface area contributed by atoms with Gasteiger partial charge >= 0.3 is 0 Å². The summed E-state index contributed by atoms with van der Waals surface area (Å²) in [6, 6.07) is 5.66. The molecule has 5 heteroatoms. The second-order valence-corrected chi connectivity index (χ2v) is 6.94. The molecule has 0 aromatic heterocycles. The number of carbonyl (C=O) groups is 2. The van der Waals surface area contributed by atoms with Gasteiger partial charge in [-0.1, -0.05) is 32.9 Å². The molecule has 1 unspecified atom stereocenters. The zero-order chi connectivity index (χ0) is 16.5. The molecule has 1 aliphatic rings. The van der Waals surface area contributed by atoms with Crippen LogP contribution in [0.3, 0.4) is 0 Å². The van der Waals surface area contributed by atoms with Crippen molar-refractivity contribution < 1.29 is 14.0 Å². The van der Waals surface area contributed by atoms with Gasteiger partial charge in [-0.15, -0.1) is 0 Å². The normalized spacial score (nSPS) is 19.5. The third kappa shape index (κ3) is 3.46. The predicted octanol–water partition coefficient (Wildman–Crippen LogP) is 2.83. The van der Waals surface area contributed by atoms with E-state index in [1.54, 1.807) is 30.0 Å². The molecular weight excluding hydrogens is 283 g/mol. The molecule has 0 spiro atoms. The van der Waals surface area contributed by atoms with Gasteiger partial charge in [-0.05, 0) is 24.5 Å². The van der Waals surface area contributed by atoms with Crippen LogP contribution in [0.15, 0.2) is 24.3 Å². The Morgan fingerprint density at radius 1 is 1.27 bits per heavy atom. The number of nitrogens with zero attached hydrogens (tertiary/aromatic N) is 2. The molecule has 1 fully saturated rings. The monoisotopic (exact) mass is 306 g/mol. The molecule has 0 bridgehead atoms. The lowest BCUT2D eigenvalue weighted by atomic mass is 9.91. The van der Waals surface area contributed by atoms with Crippen molar-refractivity contribution in [3.8, 4) is 0 Å². The first-order chi connectivity index (χ1) is 10.2. The minimum absolute atomic E-state index is 0.0264.